The number of rotatable bonds is 7. The van der Waals surface area contributed by atoms with Crippen molar-refractivity contribution in [1.82, 2.24) is 10.2 Å². The van der Waals surface area contributed by atoms with E-state index in [4.69, 9.17) is 5.73 Å². The molecule has 1 aromatic carbocycles. The molecular weight excluding hydrogens is 268 g/mol. The second kappa shape index (κ2) is 8.26. The molecule has 0 aliphatic heterocycles. The van der Waals surface area contributed by atoms with Gasteiger partial charge in [0.15, 0.2) is 0 Å². The van der Waals surface area contributed by atoms with Crippen LogP contribution in [0.3, 0.4) is 0 Å². The Hall–Kier alpha value is -2.08. The summed E-state index contributed by atoms with van der Waals surface area (Å²) >= 11 is 0. The monoisotopic (exact) mass is 292 g/mol. The first-order valence-electron chi connectivity index (χ1n) is 7.05. The number of nitrogens with two attached hydrogens (primary N) is 1. The average Bonchev–Trinajstić information content (AvgIpc) is 2.43. The molecule has 21 heavy (non-hydrogen) atoms. The van der Waals surface area contributed by atoms with Gasteiger partial charge in [0, 0.05) is 7.05 Å². The van der Waals surface area contributed by atoms with E-state index in [1.807, 2.05) is 30.9 Å². The second-order valence-corrected chi connectivity index (χ2v) is 4.97. The molecule has 0 heterocycles. The van der Waals surface area contributed by atoms with Crippen molar-refractivity contribution >= 4 is 23.2 Å². The molecule has 0 saturated heterocycles. The quantitative estimate of drug-likeness (QED) is 0.654. The number of anilines is 2. The first kappa shape index (κ1) is 17.0. The van der Waals surface area contributed by atoms with Crippen molar-refractivity contribution in [1.29, 1.82) is 0 Å². The molecule has 6 nitrogen and oxygen atoms in total. The van der Waals surface area contributed by atoms with Gasteiger partial charge in [-0.05, 0) is 31.5 Å². The van der Waals surface area contributed by atoms with Gasteiger partial charge in [0.1, 0.15) is 0 Å². The number of nitrogens with one attached hydrogen (secondary N) is 2. The molecule has 116 valence electrons. The third-order valence-corrected chi connectivity index (χ3v) is 3.12. The van der Waals surface area contributed by atoms with Crippen molar-refractivity contribution in [2.45, 2.75) is 20.3 Å². The molecule has 0 radical (unpaired) electrons. The number of carbonyl (C=O) groups excluding carboxylic acids is 2. The molecule has 4 N–H and O–H groups in total. The van der Waals surface area contributed by atoms with Crippen LogP contribution in [0.2, 0.25) is 0 Å². The van der Waals surface area contributed by atoms with Crippen LogP contribution in [0, 0.1) is 6.92 Å². The van der Waals surface area contributed by atoms with Crippen LogP contribution in [0.4, 0.5) is 11.4 Å². The summed E-state index contributed by atoms with van der Waals surface area (Å²) in [7, 11) is 1.58. The molecule has 0 atom stereocenters. The maximum absolute atomic E-state index is 12.1. The summed E-state index contributed by atoms with van der Waals surface area (Å²) in [6.07, 6.45) is 0.872. The Kier molecular flexibility index (Phi) is 6.68. The van der Waals surface area contributed by atoms with Crippen LogP contribution in [0.25, 0.3) is 0 Å². The van der Waals surface area contributed by atoms with Crippen LogP contribution in [-0.4, -0.2) is 43.4 Å². The first-order chi connectivity index (χ1) is 9.97. The highest BCUT2D eigenvalue weighted by molar-refractivity contribution is 5.96. The highest BCUT2D eigenvalue weighted by atomic mass is 16.2. The Morgan fingerprint density at radius 3 is 2.48 bits per heavy atom. The topological polar surface area (TPSA) is 87.5 Å². The molecule has 0 spiro atoms. The van der Waals surface area contributed by atoms with Crippen molar-refractivity contribution in [3.05, 3.63) is 23.8 Å². The van der Waals surface area contributed by atoms with Gasteiger partial charge in [-0.15, -0.1) is 0 Å². The molecule has 0 bridgehead atoms. The molecule has 6 heteroatoms. The number of hydrogen-bond acceptors (Lipinski definition) is 4. The van der Waals surface area contributed by atoms with Gasteiger partial charge in [-0.1, -0.05) is 19.1 Å². The lowest BCUT2D eigenvalue weighted by Crippen LogP contribution is -2.40. The zero-order valence-electron chi connectivity index (χ0n) is 12.9. The summed E-state index contributed by atoms with van der Waals surface area (Å²) < 4.78 is 0. The Bertz CT molecular complexity index is 482. The lowest BCUT2D eigenvalue weighted by molar-refractivity contribution is -0.123. The molecule has 0 aromatic heterocycles. The summed E-state index contributed by atoms with van der Waals surface area (Å²) in [5.74, 6) is -0.278. The zero-order chi connectivity index (χ0) is 15.8. The largest absolute Gasteiger partial charge is 0.397 e. The number of nitrogens with zero attached hydrogens (tertiary/aromatic N) is 1. The van der Waals surface area contributed by atoms with Crippen LogP contribution < -0.4 is 16.4 Å². The number of carbonyl (C=O) groups is 2. The molecule has 0 aliphatic rings. The van der Waals surface area contributed by atoms with Gasteiger partial charge < -0.3 is 16.4 Å². The molecule has 2 amide bonds. The van der Waals surface area contributed by atoms with Gasteiger partial charge in [-0.25, -0.2) is 0 Å². The maximum Gasteiger partial charge on any atom is 0.238 e. The van der Waals surface area contributed by atoms with E-state index in [1.54, 1.807) is 13.1 Å². The van der Waals surface area contributed by atoms with Gasteiger partial charge in [0.2, 0.25) is 11.8 Å². The van der Waals surface area contributed by atoms with Crippen LogP contribution in [0.1, 0.15) is 18.9 Å². The summed E-state index contributed by atoms with van der Waals surface area (Å²) in [6, 6.07) is 5.48. The van der Waals surface area contributed by atoms with E-state index in [-0.39, 0.29) is 24.9 Å². The van der Waals surface area contributed by atoms with E-state index in [0.717, 1.165) is 12.0 Å². The zero-order valence-corrected chi connectivity index (χ0v) is 12.9. The van der Waals surface area contributed by atoms with Gasteiger partial charge in [0.05, 0.1) is 24.5 Å². The minimum absolute atomic E-state index is 0.105. The smallest absolute Gasteiger partial charge is 0.238 e. The lowest BCUT2D eigenvalue weighted by Gasteiger charge is -2.20. The van der Waals surface area contributed by atoms with Gasteiger partial charge in [-0.3, -0.25) is 14.5 Å². The molecule has 0 unspecified atom stereocenters. The fourth-order valence-corrected chi connectivity index (χ4v) is 2.06. The number of para-hydroxylation sites is 1. The van der Waals surface area contributed by atoms with E-state index in [2.05, 4.69) is 10.6 Å². The lowest BCUT2D eigenvalue weighted by atomic mass is 10.1. The highest BCUT2D eigenvalue weighted by Gasteiger charge is 2.14. The van der Waals surface area contributed by atoms with E-state index in [0.29, 0.717) is 17.9 Å². The van der Waals surface area contributed by atoms with Crippen molar-refractivity contribution < 1.29 is 9.59 Å². The van der Waals surface area contributed by atoms with Crippen LogP contribution in [0.15, 0.2) is 18.2 Å². The second-order valence-electron chi connectivity index (χ2n) is 4.97. The predicted molar refractivity (Wildman–Crippen MR) is 85.0 cm³/mol. The first-order valence-corrected chi connectivity index (χ1v) is 7.05. The number of benzene rings is 1. The third-order valence-electron chi connectivity index (χ3n) is 3.12. The molecule has 0 aliphatic carbocycles. The average molecular weight is 292 g/mol. The van der Waals surface area contributed by atoms with E-state index < -0.39 is 0 Å². The summed E-state index contributed by atoms with van der Waals surface area (Å²) in [5.41, 5.74) is 7.96. The standard InChI is InChI=1S/C15H24N4O2/c1-4-8-19(9-13(20)17-3)10-14(21)18-15-11(2)6-5-7-12(15)16/h5-7H,4,8-10,16H2,1-3H3,(H,17,20)(H,18,21). The Morgan fingerprint density at radius 2 is 1.90 bits per heavy atom. The Balaban J connectivity index is 2.67. The minimum atomic E-state index is -0.173. The fourth-order valence-electron chi connectivity index (χ4n) is 2.06. The number of hydrogen-bond donors (Lipinski definition) is 3. The molecule has 1 rings (SSSR count). The van der Waals surface area contributed by atoms with Gasteiger partial charge in [0.25, 0.3) is 0 Å². The molecular formula is C15H24N4O2. The molecule has 1 aromatic rings. The Labute approximate surface area is 125 Å². The third kappa shape index (κ3) is 5.43. The molecule has 0 fully saturated rings. The van der Waals surface area contributed by atoms with Crippen LogP contribution in [0.5, 0.6) is 0 Å². The summed E-state index contributed by atoms with van der Waals surface area (Å²) in [5, 5.41) is 5.38. The fraction of sp³-hybridized carbons (Fsp3) is 0.467. The van der Waals surface area contributed by atoms with E-state index in [9.17, 15) is 9.59 Å². The Morgan fingerprint density at radius 1 is 1.24 bits per heavy atom. The summed E-state index contributed by atoms with van der Waals surface area (Å²) in [6.45, 7) is 4.95. The van der Waals surface area contributed by atoms with Crippen molar-refractivity contribution in [2.24, 2.45) is 0 Å². The van der Waals surface area contributed by atoms with E-state index >= 15 is 0 Å². The number of likely N-dealkylation sites (N-methyl/N-ethyl adjacent to an activating group) is 1. The number of nitrogen functional groups attached to an aromatic ring is 1. The SMILES string of the molecule is CCCN(CC(=O)NC)CC(=O)Nc1c(C)cccc1N. The van der Waals surface area contributed by atoms with Crippen LogP contribution in [-0.2, 0) is 9.59 Å². The van der Waals surface area contributed by atoms with Crippen LogP contribution >= 0.6 is 0 Å². The van der Waals surface area contributed by atoms with Gasteiger partial charge in [-0.2, -0.15) is 0 Å². The number of aryl methyl sites for hydroxylation is 1. The van der Waals surface area contributed by atoms with Gasteiger partial charge >= 0.3 is 0 Å². The van der Waals surface area contributed by atoms with Crippen molar-refractivity contribution in [3.63, 3.8) is 0 Å². The predicted octanol–water partition coefficient (Wildman–Crippen LogP) is 0.974. The van der Waals surface area contributed by atoms with Crippen molar-refractivity contribution in [3.8, 4) is 0 Å². The summed E-state index contributed by atoms with van der Waals surface area (Å²) in [4.78, 5) is 25.4. The highest BCUT2D eigenvalue weighted by Crippen LogP contribution is 2.22. The normalized spacial score (nSPS) is 10.5. The minimum Gasteiger partial charge on any atom is -0.397 e. The van der Waals surface area contributed by atoms with E-state index in [1.165, 1.54) is 0 Å². The molecule has 0 saturated carbocycles. The number of amides is 2. The van der Waals surface area contributed by atoms with Crippen molar-refractivity contribution in [2.75, 3.05) is 37.7 Å². The maximum atomic E-state index is 12.1.